The maximum absolute atomic E-state index is 11.8. The fraction of sp³-hybridized carbons (Fsp3) is 0.333. The summed E-state index contributed by atoms with van der Waals surface area (Å²) < 4.78 is 5.10. The van der Waals surface area contributed by atoms with E-state index >= 15 is 0 Å². The average molecular weight is 290 g/mol. The Morgan fingerprint density at radius 2 is 1.95 bits per heavy atom. The van der Waals surface area contributed by atoms with Crippen molar-refractivity contribution in [2.45, 2.75) is 26.5 Å². The van der Waals surface area contributed by atoms with Gasteiger partial charge in [-0.2, -0.15) is 0 Å². The highest BCUT2D eigenvalue weighted by Crippen LogP contribution is 2.19. The Kier molecular flexibility index (Phi) is 4.84. The lowest BCUT2D eigenvalue weighted by Gasteiger charge is -2.05. The Balaban J connectivity index is 1.79. The largest absolute Gasteiger partial charge is 0.361 e. The topological polar surface area (TPSA) is 55.1 Å². The molecule has 5 heteroatoms. The standard InChI is InChI=1S/C15H18N2O2S/c1-10-4-6-13(7-5-10)16-15(18)9-20-8-14-11(2)17-19-12(14)3/h4-7H,8-9H2,1-3H3,(H,16,18). The van der Waals surface area contributed by atoms with E-state index in [1.807, 2.05) is 45.0 Å². The molecule has 0 bridgehead atoms. The molecular weight excluding hydrogens is 272 g/mol. The molecule has 1 aromatic heterocycles. The lowest BCUT2D eigenvalue weighted by molar-refractivity contribution is -0.113. The van der Waals surface area contributed by atoms with Gasteiger partial charge in [-0.05, 0) is 32.9 Å². The normalized spacial score (nSPS) is 10.6. The van der Waals surface area contributed by atoms with Gasteiger partial charge in [0.25, 0.3) is 0 Å². The van der Waals surface area contributed by atoms with Crippen LogP contribution < -0.4 is 5.32 Å². The third-order valence-electron chi connectivity index (χ3n) is 3.00. The molecule has 4 nitrogen and oxygen atoms in total. The smallest absolute Gasteiger partial charge is 0.234 e. The Labute approximate surface area is 122 Å². The third kappa shape index (κ3) is 3.87. The highest BCUT2D eigenvalue weighted by Gasteiger charge is 2.10. The fourth-order valence-electron chi connectivity index (χ4n) is 1.79. The van der Waals surface area contributed by atoms with Gasteiger partial charge >= 0.3 is 0 Å². The molecule has 2 rings (SSSR count). The number of hydrogen-bond acceptors (Lipinski definition) is 4. The molecule has 0 aliphatic carbocycles. The van der Waals surface area contributed by atoms with Crippen LogP contribution in [-0.2, 0) is 10.5 Å². The summed E-state index contributed by atoms with van der Waals surface area (Å²) in [6.45, 7) is 5.83. The first kappa shape index (κ1) is 14.7. The van der Waals surface area contributed by atoms with Crippen molar-refractivity contribution < 1.29 is 9.32 Å². The monoisotopic (exact) mass is 290 g/mol. The molecule has 0 aliphatic rings. The number of carbonyl (C=O) groups is 1. The zero-order valence-corrected chi connectivity index (χ0v) is 12.7. The second-order valence-electron chi connectivity index (χ2n) is 4.71. The summed E-state index contributed by atoms with van der Waals surface area (Å²) in [6, 6.07) is 7.78. The molecule has 106 valence electrons. The molecule has 1 heterocycles. The maximum Gasteiger partial charge on any atom is 0.234 e. The van der Waals surface area contributed by atoms with E-state index < -0.39 is 0 Å². The van der Waals surface area contributed by atoms with E-state index in [2.05, 4.69) is 10.5 Å². The summed E-state index contributed by atoms with van der Waals surface area (Å²) in [7, 11) is 0. The van der Waals surface area contributed by atoms with E-state index in [0.717, 1.165) is 28.5 Å². The molecule has 0 saturated carbocycles. The van der Waals surface area contributed by atoms with Crippen LogP contribution in [0.2, 0.25) is 0 Å². The van der Waals surface area contributed by atoms with Gasteiger partial charge in [0.1, 0.15) is 5.76 Å². The second-order valence-corrected chi connectivity index (χ2v) is 5.70. The van der Waals surface area contributed by atoms with Gasteiger partial charge in [-0.25, -0.2) is 0 Å². The highest BCUT2D eigenvalue weighted by molar-refractivity contribution is 7.99. The van der Waals surface area contributed by atoms with Gasteiger partial charge in [-0.15, -0.1) is 11.8 Å². The quantitative estimate of drug-likeness (QED) is 0.916. The molecule has 0 radical (unpaired) electrons. The minimum absolute atomic E-state index is 0.00520. The van der Waals surface area contributed by atoms with Crippen LogP contribution >= 0.6 is 11.8 Å². The van der Waals surface area contributed by atoms with Gasteiger partial charge in [-0.1, -0.05) is 22.9 Å². The summed E-state index contributed by atoms with van der Waals surface area (Å²) in [4.78, 5) is 11.8. The molecule has 1 amide bonds. The zero-order valence-electron chi connectivity index (χ0n) is 11.9. The van der Waals surface area contributed by atoms with Gasteiger partial charge < -0.3 is 9.84 Å². The lowest BCUT2D eigenvalue weighted by atomic mass is 10.2. The number of carbonyl (C=O) groups excluding carboxylic acids is 1. The number of amides is 1. The van der Waals surface area contributed by atoms with E-state index in [0.29, 0.717) is 5.75 Å². The summed E-state index contributed by atoms with van der Waals surface area (Å²) in [5, 5.41) is 6.78. The van der Waals surface area contributed by atoms with Gasteiger partial charge in [0.15, 0.2) is 0 Å². The van der Waals surface area contributed by atoms with Gasteiger partial charge in [0, 0.05) is 17.0 Å². The molecule has 0 fully saturated rings. The molecule has 2 aromatic rings. The van der Waals surface area contributed by atoms with Gasteiger partial charge in [0.05, 0.1) is 11.4 Å². The summed E-state index contributed by atoms with van der Waals surface area (Å²) >= 11 is 1.56. The number of anilines is 1. The van der Waals surface area contributed by atoms with Gasteiger partial charge in [-0.3, -0.25) is 4.79 Å². The first-order chi connectivity index (χ1) is 9.56. The number of nitrogens with zero attached hydrogens (tertiary/aromatic N) is 1. The number of hydrogen-bond donors (Lipinski definition) is 1. The van der Waals surface area contributed by atoms with Crippen molar-refractivity contribution in [3.63, 3.8) is 0 Å². The Morgan fingerprint density at radius 3 is 2.55 bits per heavy atom. The molecule has 1 aromatic carbocycles. The molecule has 0 atom stereocenters. The minimum atomic E-state index is 0.00520. The second kappa shape index (κ2) is 6.61. The molecule has 0 aliphatic heterocycles. The van der Waals surface area contributed by atoms with Crippen LogP contribution in [0.1, 0.15) is 22.6 Å². The van der Waals surface area contributed by atoms with E-state index in [1.54, 1.807) is 11.8 Å². The van der Waals surface area contributed by atoms with Crippen LogP contribution in [-0.4, -0.2) is 16.8 Å². The van der Waals surface area contributed by atoms with Crippen LogP contribution in [0, 0.1) is 20.8 Å². The number of rotatable bonds is 5. The first-order valence-electron chi connectivity index (χ1n) is 6.42. The Bertz CT molecular complexity index is 571. The number of aromatic nitrogens is 1. The molecule has 20 heavy (non-hydrogen) atoms. The van der Waals surface area contributed by atoms with Crippen LogP contribution in [0.5, 0.6) is 0 Å². The summed E-state index contributed by atoms with van der Waals surface area (Å²) in [5.74, 6) is 1.99. The zero-order chi connectivity index (χ0) is 14.5. The van der Waals surface area contributed by atoms with Crippen molar-refractivity contribution in [1.29, 1.82) is 0 Å². The van der Waals surface area contributed by atoms with E-state index in [4.69, 9.17) is 4.52 Å². The fourth-order valence-corrected chi connectivity index (χ4v) is 2.76. The SMILES string of the molecule is Cc1ccc(NC(=O)CSCc2c(C)noc2C)cc1. The lowest BCUT2D eigenvalue weighted by Crippen LogP contribution is -2.14. The van der Waals surface area contributed by atoms with Crippen LogP contribution in [0.15, 0.2) is 28.8 Å². The molecule has 0 unspecified atom stereocenters. The number of aryl methyl sites for hydroxylation is 3. The van der Waals surface area contributed by atoms with Crippen molar-refractivity contribution in [3.8, 4) is 0 Å². The number of benzene rings is 1. The van der Waals surface area contributed by atoms with Crippen molar-refractivity contribution in [2.75, 3.05) is 11.1 Å². The first-order valence-corrected chi connectivity index (χ1v) is 7.57. The van der Waals surface area contributed by atoms with E-state index in [1.165, 1.54) is 5.56 Å². The van der Waals surface area contributed by atoms with Crippen molar-refractivity contribution >= 4 is 23.4 Å². The molecule has 0 saturated heterocycles. The Morgan fingerprint density at radius 1 is 1.25 bits per heavy atom. The molecular formula is C15H18N2O2S. The van der Waals surface area contributed by atoms with E-state index in [9.17, 15) is 4.79 Å². The summed E-state index contributed by atoms with van der Waals surface area (Å²) in [5.41, 5.74) is 3.99. The van der Waals surface area contributed by atoms with Gasteiger partial charge in [0.2, 0.25) is 5.91 Å². The number of thioether (sulfide) groups is 1. The number of nitrogens with one attached hydrogen (secondary N) is 1. The van der Waals surface area contributed by atoms with Crippen molar-refractivity contribution in [2.24, 2.45) is 0 Å². The third-order valence-corrected chi connectivity index (χ3v) is 3.96. The summed E-state index contributed by atoms with van der Waals surface area (Å²) in [6.07, 6.45) is 0. The Hall–Kier alpha value is -1.75. The molecule has 1 N–H and O–H groups in total. The van der Waals surface area contributed by atoms with Crippen LogP contribution in [0.3, 0.4) is 0 Å². The maximum atomic E-state index is 11.8. The van der Waals surface area contributed by atoms with Crippen molar-refractivity contribution in [3.05, 3.63) is 46.8 Å². The van der Waals surface area contributed by atoms with Crippen molar-refractivity contribution in [1.82, 2.24) is 5.16 Å². The molecule has 0 spiro atoms. The minimum Gasteiger partial charge on any atom is -0.361 e. The van der Waals surface area contributed by atoms with Crippen LogP contribution in [0.4, 0.5) is 5.69 Å². The predicted molar refractivity (Wildman–Crippen MR) is 81.9 cm³/mol. The van der Waals surface area contributed by atoms with E-state index in [-0.39, 0.29) is 5.91 Å². The highest BCUT2D eigenvalue weighted by atomic mass is 32.2. The van der Waals surface area contributed by atoms with Crippen LogP contribution in [0.25, 0.3) is 0 Å². The predicted octanol–water partition coefficient (Wildman–Crippen LogP) is 3.47. The average Bonchev–Trinajstić information content (AvgIpc) is 2.73.